The normalized spacial score (nSPS) is 14.3. The molecule has 4 amide bonds. The zero-order valence-corrected chi connectivity index (χ0v) is 17.1. The molecular formula is C20H30N4O5. The fraction of sp³-hybridized carbons (Fsp3) is 0.550. The number of hydrogen-bond acceptors (Lipinski definition) is 6. The second-order valence-corrected chi connectivity index (χ2v) is 6.80. The molecule has 0 saturated carbocycles. The van der Waals surface area contributed by atoms with Crippen LogP contribution in [0.2, 0.25) is 0 Å². The molecule has 2 rings (SSSR count). The number of carbonyl (C=O) groups excluding carboxylic acids is 3. The summed E-state index contributed by atoms with van der Waals surface area (Å²) in [7, 11) is 3.16. The maximum absolute atomic E-state index is 12.4. The topological polar surface area (TPSA) is 100 Å². The zero-order valence-electron chi connectivity index (χ0n) is 17.1. The van der Waals surface area contributed by atoms with Gasteiger partial charge in [0.2, 0.25) is 11.8 Å². The second-order valence-electron chi connectivity index (χ2n) is 6.80. The van der Waals surface area contributed by atoms with Crippen LogP contribution in [-0.2, 0) is 20.7 Å². The van der Waals surface area contributed by atoms with Crippen molar-refractivity contribution in [1.29, 1.82) is 0 Å². The van der Waals surface area contributed by atoms with E-state index in [9.17, 15) is 14.4 Å². The van der Waals surface area contributed by atoms with Gasteiger partial charge in [0.25, 0.3) is 0 Å². The monoisotopic (exact) mass is 406 g/mol. The van der Waals surface area contributed by atoms with Crippen LogP contribution in [0.4, 0.5) is 4.79 Å². The van der Waals surface area contributed by atoms with Crippen molar-refractivity contribution in [3.05, 3.63) is 29.8 Å². The number of imide groups is 1. The van der Waals surface area contributed by atoms with E-state index in [2.05, 4.69) is 10.6 Å². The van der Waals surface area contributed by atoms with Crippen LogP contribution in [0.1, 0.15) is 12.0 Å². The number of nitrogens with zero attached hydrogens (tertiary/aromatic N) is 2. The van der Waals surface area contributed by atoms with Gasteiger partial charge in [-0.1, -0.05) is 12.1 Å². The number of ether oxygens (including phenoxy) is 2. The van der Waals surface area contributed by atoms with E-state index in [1.807, 2.05) is 34.1 Å². The summed E-state index contributed by atoms with van der Waals surface area (Å²) in [6, 6.07) is 7.19. The molecule has 0 atom stereocenters. The molecule has 0 bridgehead atoms. The molecule has 1 aliphatic heterocycles. The second kappa shape index (κ2) is 12.0. The van der Waals surface area contributed by atoms with Gasteiger partial charge in [-0.3, -0.25) is 19.8 Å². The van der Waals surface area contributed by atoms with Crippen molar-refractivity contribution < 1.29 is 23.9 Å². The summed E-state index contributed by atoms with van der Waals surface area (Å²) in [6.45, 7) is 3.22. The molecule has 0 spiro atoms. The molecule has 0 aliphatic carbocycles. The number of carbonyl (C=O) groups is 3. The minimum Gasteiger partial charge on any atom is -0.497 e. The summed E-state index contributed by atoms with van der Waals surface area (Å²) < 4.78 is 9.96. The predicted molar refractivity (Wildman–Crippen MR) is 108 cm³/mol. The average Bonchev–Trinajstić information content (AvgIpc) is 2.73. The predicted octanol–water partition coefficient (Wildman–Crippen LogP) is 0.244. The van der Waals surface area contributed by atoms with Crippen LogP contribution >= 0.6 is 0 Å². The standard InChI is InChI=1S/C20H30N4O5/c1-28-14-9-21-20(27)22-18(25)15-23-10-12-24(13-11-23)19(26)8-5-16-3-6-17(29-2)7-4-16/h3-4,6-7H,5,8-15H2,1-2H3,(H2,21,22,25,27). The molecule has 2 N–H and O–H groups in total. The first kappa shape index (κ1) is 22.6. The maximum Gasteiger partial charge on any atom is 0.321 e. The van der Waals surface area contributed by atoms with Crippen LogP contribution in [0.15, 0.2) is 24.3 Å². The van der Waals surface area contributed by atoms with E-state index in [0.29, 0.717) is 52.2 Å². The molecule has 1 aliphatic rings. The summed E-state index contributed by atoms with van der Waals surface area (Å²) >= 11 is 0. The minimum absolute atomic E-state index is 0.113. The highest BCUT2D eigenvalue weighted by Gasteiger charge is 2.22. The molecular weight excluding hydrogens is 376 g/mol. The van der Waals surface area contributed by atoms with Crippen LogP contribution in [0.25, 0.3) is 0 Å². The van der Waals surface area contributed by atoms with E-state index in [-0.39, 0.29) is 18.4 Å². The molecule has 160 valence electrons. The van der Waals surface area contributed by atoms with Crippen LogP contribution < -0.4 is 15.4 Å². The quantitative estimate of drug-likeness (QED) is 0.570. The summed E-state index contributed by atoms with van der Waals surface area (Å²) in [6.07, 6.45) is 1.14. The third-order valence-electron chi connectivity index (χ3n) is 4.72. The van der Waals surface area contributed by atoms with Gasteiger partial charge in [0.1, 0.15) is 5.75 Å². The van der Waals surface area contributed by atoms with Gasteiger partial charge in [-0.05, 0) is 24.1 Å². The van der Waals surface area contributed by atoms with Crippen LogP contribution in [0.5, 0.6) is 5.75 Å². The molecule has 1 aromatic rings. The lowest BCUT2D eigenvalue weighted by molar-refractivity contribution is -0.133. The molecule has 0 aromatic heterocycles. The number of urea groups is 1. The maximum atomic E-state index is 12.4. The first-order chi connectivity index (χ1) is 14.0. The van der Waals surface area contributed by atoms with Crippen molar-refractivity contribution in [2.45, 2.75) is 12.8 Å². The van der Waals surface area contributed by atoms with Crippen molar-refractivity contribution in [2.24, 2.45) is 0 Å². The zero-order chi connectivity index (χ0) is 21.1. The lowest BCUT2D eigenvalue weighted by Crippen LogP contribution is -2.52. The van der Waals surface area contributed by atoms with E-state index >= 15 is 0 Å². The Morgan fingerprint density at radius 1 is 1.03 bits per heavy atom. The third-order valence-corrected chi connectivity index (χ3v) is 4.72. The van der Waals surface area contributed by atoms with E-state index < -0.39 is 6.03 Å². The molecule has 9 nitrogen and oxygen atoms in total. The van der Waals surface area contributed by atoms with E-state index in [1.165, 1.54) is 7.11 Å². The Morgan fingerprint density at radius 2 is 1.72 bits per heavy atom. The fourth-order valence-electron chi connectivity index (χ4n) is 3.04. The average molecular weight is 406 g/mol. The largest absolute Gasteiger partial charge is 0.497 e. The number of piperazine rings is 1. The van der Waals surface area contributed by atoms with Crippen LogP contribution in [0, 0.1) is 0 Å². The first-order valence-corrected chi connectivity index (χ1v) is 9.71. The molecule has 1 fully saturated rings. The first-order valence-electron chi connectivity index (χ1n) is 9.71. The summed E-state index contributed by atoms with van der Waals surface area (Å²) in [5.74, 6) is 0.550. The van der Waals surface area contributed by atoms with Crippen molar-refractivity contribution >= 4 is 17.8 Å². The number of nitrogens with one attached hydrogen (secondary N) is 2. The number of aryl methyl sites for hydroxylation is 1. The van der Waals surface area contributed by atoms with Crippen LogP contribution in [0.3, 0.4) is 0 Å². The molecule has 1 saturated heterocycles. The van der Waals surface area contributed by atoms with Gasteiger partial charge in [0, 0.05) is 46.3 Å². The Bertz CT molecular complexity index is 672. The smallest absolute Gasteiger partial charge is 0.321 e. The number of hydrogen-bond donors (Lipinski definition) is 2. The number of methoxy groups -OCH3 is 2. The Balaban J connectivity index is 1.65. The summed E-state index contributed by atoms with van der Waals surface area (Å²) in [5.41, 5.74) is 1.10. The van der Waals surface area contributed by atoms with Gasteiger partial charge in [-0.2, -0.15) is 0 Å². The number of rotatable bonds is 9. The highest BCUT2D eigenvalue weighted by atomic mass is 16.5. The van der Waals surface area contributed by atoms with Gasteiger partial charge >= 0.3 is 6.03 Å². The van der Waals surface area contributed by atoms with Crippen molar-refractivity contribution in [1.82, 2.24) is 20.4 Å². The van der Waals surface area contributed by atoms with Gasteiger partial charge in [0.15, 0.2) is 0 Å². The minimum atomic E-state index is -0.528. The molecule has 1 aromatic carbocycles. The molecule has 0 unspecified atom stereocenters. The highest BCUT2D eigenvalue weighted by molar-refractivity contribution is 5.95. The third kappa shape index (κ3) is 8.08. The Morgan fingerprint density at radius 3 is 2.34 bits per heavy atom. The van der Waals surface area contributed by atoms with E-state index in [4.69, 9.17) is 9.47 Å². The lowest BCUT2D eigenvalue weighted by Gasteiger charge is -2.34. The highest BCUT2D eigenvalue weighted by Crippen LogP contribution is 2.13. The van der Waals surface area contributed by atoms with Crippen LogP contribution in [-0.4, -0.2) is 87.7 Å². The van der Waals surface area contributed by atoms with Gasteiger partial charge in [-0.15, -0.1) is 0 Å². The summed E-state index contributed by atoms with van der Waals surface area (Å²) in [5, 5.41) is 4.82. The Kier molecular flexibility index (Phi) is 9.39. The molecule has 0 radical (unpaired) electrons. The summed E-state index contributed by atoms with van der Waals surface area (Å²) in [4.78, 5) is 39.7. The number of benzene rings is 1. The van der Waals surface area contributed by atoms with E-state index in [1.54, 1.807) is 7.11 Å². The molecule has 29 heavy (non-hydrogen) atoms. The van der Waals surface area contributed by atoms with Gasteiger partial charge in [0.05, 0.1) is 20.3 Å². The van der Waals surface area contributed by atoms with Gasteiger partial charge < -0.3 is 19.7 Å². The van der Waals surface area contributed by atoms with Crippen molar-refractivity contribution in [2.75, 3.05) is 60.1 Å². The Labute approximate surface area is 171 Å². The fourth-order valence-corrected chi connectivity index (χ4v) is 3.04. The number of amides is 4. The van der Waals surface area contributed by atoms with Crippen molar-refractivity contribution in [3.63, 3.8) is 0 Å². The SMILES string of the molecule is COCCNC(=O)NC(=O)CN1CCN(C(=O)CCc2ccc(OC)cc2)CC1. The van der Waals surface area contributed by atoms with E-state index in [0.717, 1.165) is 11.3 Å². The molecule has 1 heterocycles. The van der Waals surface area contributed by atoms with Crippen molar-refractivity contribution in [3.8, 4) is 5.75 Å². The van der Waals surface area contributed by atoms with Gasteiger partial charge in [-0.25, -0.2) is 4.79 Å². The Hall–Kier alpha value is -2.65. The lowest BCUT2D eigenvalue weighted by atomic mass is 10.1. The molecule has 9 heteroatoms.